The second kappa shape index (κ2) is 7.73. The van der Waals surface area contributed by atoms with Crippen molar-refractivity contribution >= 4 is 12.0 Å². The zero-order valence-corrected chi connectivity index (χ0v) is 13.4. The number of ether oxygens (including phenoxy) is 1. The van der Waals surface area contributed by atoms with Gasteiger partial charge < -0.3 is 20.5 Å². The molecule has 0 saturated carbocycles. The second-order valence-corrected chi connectivity index (χ2v) is 5.98. The molecular formula is C16H19F3N2O4. The molecule has 1 aliphatic heterocycles. The number of aliphatic carboxylic acids is 1. The van der Waals surface area contributed by atoms with Crippen LogP contribution in [0.25, 0.3) is 0 Å². The van der Waals surface area contributed by atoms with E-state index >= 15 is 0 Å². The zero-order chi connectivity index (χ0) is 18.5. The summed E-state index contributed by atoms with van der Waals surface area (Å²) in [5.41, 5.74) is -0.816. The third-order valence-electron chi connectivity index (χ3n) is 3.93. The monoisotopic (exact) mass is 360 g/mol. The molecule has 2 rings (SSSR count). The number of carbonyl (C=O) groups is 2. The largest absolute Gasteiger partial charge is 0.481 e. The van der Waals surface area contributed by atoms with Crippen molar-refractivity contribution in [1.29, 1.82) is 0 Å². The number of urea groups is 1. The maximum Gasteiger partial charge on any atom is 0.416 e. The van der Waals surface area contributed by atoms with Gasteiger partial charge in [0.05, 0.1) is 24.1 Å². The van der Waals surface area contributed by atoms with Gasteiger partial charge in [-0.1, -0.05) is 12.1 Å². The Balaban J connectivity index is 1.99. The van der Waals surface area contributed by atoms with E-state index in [2.05, 4.69) is 10.6 Å². The zero-order valence-electron chi connectivity index (χ0n) is 13.4. The maximum atomic E-state index is 12.6. The molecule has 6 nitrogen and oxygen atoms in total. The van der Waals surface area contributed by atoms with E-state index in [4.69, 9.17) is 9.84 Å². The molecule has 1 atom stereocenters. The van der Waals surface area contributed by atoms with E-state index in [-0.39, 0.29) is 19.6 Å². The molecule has 1 unspecified atom stereocenters. The number of amides is 2. The normalized spacial score (nSPS) is 20.3. The number of carbonyl (C=O) groups excluding carboxylic acids is 1. The van der Waals surface area contributed by atoms with Crippen LogP contribution >= 0.6 is 0 Å². The number of carboxylic acid groups (broad SMARTS) is 1. The van der Waals surface area contributed by atoms with Crippen molar-refractivity contribution in [3.8, 4) is 0 Å². The molecule has 0 aliphatic carbocycles. The molecule has 9 heteroatoms. The van der Waals surface area contributed by atoms with Crippen molar-refractivity contribution < 1.29 is 32.6 Å². The molecule has 0 spiro atoms. The van der Waals surface area contributed by atoms with Gasteiger partial charge in [0.25, 0.3) is 0 Å². The van der Waals surface area contributed by atoms with Crippen LogP contribution in [0.2, 0.25) is 0 Å². The van der Waals surface area contributed by atoms with Gasteiger partial charge in [-0.25, -0.2) is 4.79 Å². The quantitative estimate of drug-likeness (QED) is 0.726. The molecule has 3 N–H and O–H groups in total. The number of nitrogens with one attached hydrogen (secondary N) is 2. The van der Waals surface area contributed by atoms with Crippen LogP contribution in [0.15, 0.2) is 24.3 Å². The van der Waals surface area contributed by atoms with Crippen molar-refractivity contribution in [2.75, 3.05) is 19.8 Å². The molecule has 1 heterocycles. The first-order valence-electron chi connectivity index (χ1n) is 7.72. The third-order valence-corrected chi connectivity index (χ3v) is 3.93. The number of rotatable bonds is 6. The molecule has 1 aromatic rings. The molecule has 0 bridgehead atoms. The van der Waals surface area contributed by atoms with Crippen molar-refractivity contribution in [3.63, 3.8) is 0 Å². The van der Waals surface area contributed by atoms with Crippen LogP contribution in [0.5, 0.6) is 0 Å². The van der Waals surface area contributed by atoms with E-state index < -0.39 is 29.3 Å². The topological polar surface area (TPSA) is 87.7 Å². The van der Waals surface area contributed by atoms with Crippen molar-refractivity contribution in [2.45, 2.75) is 31.0 Å². The van der Waals surface area contributed by atoms with Crippen molar-refractivity contribution in [3.05, 3.63) is 35.4 Å². The van der Waals surface area contributed by atoms with E-state index in [1.807, 2.05) is 0 Å². The Bertz CT molecular complexity index is 611. The van der Waals surface area contributed by atoms with Gasteiger partial charge in [-0.15, -0.1) is 0 Å². The van der Waals surface area contributed by atoms with Gasteiger partial charge >= 0.3 is 18.2 Å². The summed E-state index contributed by atoms with van der Waals surface area (Å²) >= 11 is 0. The average Bonchev–Trinajstić information content (AvgIpc) is 2.94. The Morgan fingerprint density at radius 2 is 1.92 bits per heavy atom. The maximum absolute atomic E-state index is 12.6. The average molecular weight is 360 g/mol. The number of alkyl halides is 3. The lowest BCUT2D eigenvalue weighted by Gasteiger charge is -2.29. The van der Waals surface area contributed by atoms with Gasteiger partial charge in [-0.05, 0) is 30.5 Å². The van der Waals surface area contributed by atoms with E-state index in [1.54, 1.807) is 0 Å². The Kier molecular flexibility index (Phi) is 5.89. The molecule has 25 heavy (non-hydrogen) atoms. The Hall–Kier alpha value is -2.29. The highest BCUT2D eigenvalue weighted by Crippen LogP contribution is 2.30. The summed E-state index contributed by atoms with van der Waals surface area (Å²) in [7, 11) is 0. The Labute approximate surface area is 142 Å². The van der Waals surface area contributed by atoms with Crippen LogP contribution < -0.4 is 10.6 Å². The molecule has 0 aromatic heterocycles. The first-order chi connectivity index (χ1) is 11.7. The van der Waals surface area contributed by atoms with Crippen LogP contribution in [0.1, 0.15) is 24.0 Å². The second-order valence-electron chi connectivity index (χ2n) is 5.98. The van der Waals surface area contributed by atoms with Crippen molar-refractivity contribution in [2.24, 2.45) is 0 Å². The molecule has 0 radical (unpaired) electrons. The summed E-state index contributed by atoms with van der Waals surface area (Å²) < 4.78 is 43.2. The van der Waals surface area contributed by atoms with Gasteiger partial charge in [-0.3, -0.25) is 4.79 Å². The highest BCUT2D eigenvalue weighted by Gasteiger charge is 2.37. The van der Waals surface area contributed by atoms with Crippen LogP contribution in [-0.2, 0) is 22.1 Å². The molecule has 2 amide bonds. The summed E-state index contributed by atoms with van der Waals surface area (Å²) in [5.74, 6) is -1.02. The molecule has 1 aliphatic rings. The first kappa shape index (κ1) is 19.0. The minimum Gasteiger partial charge on any atom is -0.481 e. The molecule has 138 valence electrons. The Morgan fingerprint density at radius 1 is 1.24 bits per heavy atom. The predicted molar refractivity (Wildman–Crippen MR) is 82.1 cm³/mol. The number of hydrogen-bond acceptors (Lipinski definition) is 3. The third kappa shape index (κ3) is 5.63. The minimum absolute atomic E-state index is 0.0155. The highest BCUT2D eigenvalue weighted by molar-refractivity contribution is 5.76. The molecule has 1 fully saturated rings. The van der Waals surface area contributed by atoms with E-state index in [0.717, 1.165) is 12.1 Å². The Morgan fingerprint density at radius 3 is 2.44 bits per heavy atom. The summed E-state index contributed by atoms with van der Waals surface area (Å²) in [5, 5.41) is 13.8. The summed E-state index contributed by atoms with van der Waals surface area (Å²) in [6.07, 6.45) is -3.76. The lowest BCUT2D eigenvalue weighted by atomic mass is 9.89. The van der Waals surface area contributed by atoms with Crippen LogP contribution in [0.4, 0.5) is 18.0 Å². The number of halogens is 3. The highest BCUT2D eigenvalue weighted by atomic mass is 19.4. The molecular weight excluding hydrogens is 341 g/mol. The van der Waals surface area contributed by atoms with E-state index in [0.29, 0.717) is 25.0 Å². The standard InChI is InChI=1S/C16H19F3N2O4/c17-16(18,19)12-3-1-11(2-4-12)9-15(6-8-25-10-15)21-14(24)20-7-5-13(22)23/h1-4H,5-10H2,(H,22,23)(H2,20,21,24). The van der Waals surface area contributed by atoms with Crippen LogP contribution in [0, 0.1) is 0 Å². The number of hydrogen-bond donors (Lipinski definition) is 3. The fourth-order valence-electron chi connectivity index (χ4n) is 2.66. The number of benzene rings is 1. The van der Waals surface area contributed by atoms with Gasteiger partial charge in [0.2, 0.25) is 0 Å². The molecule has 1 aromatic carbocycles. The lowest BCUT2D eigenvalue weighted by Crippen LogP contribution is -2.54. The fraction of sp³-hybridized carbons (Fsp3) is 0.500. The minimum atomic E-state index is -4.39. The summed E-state index contributed by atoms with van der Waals surface area (Å²) in [4.78, 5) is 22.4. The van der Waals surface area contributed by atoms with Gasteiger partial charge in [0, 0.05) is 13.2 Å². The smallest absolute Gasteiger partial charge is 0.416 e. The predicted octanol–water partition coefficient (Wildman–Crippen LogP) is 2.18. The van der Waals surface area contributed by atoms with E-state index in [9.17, 15) is 22.8 Å². The summed E-state index contributed by atoms with van der Waals surface area (Å²) in [6.45, 7) is 0.648. The number of carboxylic acids is 1. The van der Waals surface area contributed by atoms with Crippen LogP contribution in [0.3, 0.4) is 0 Å². The van der Waals surface area contributed by atoms with E-state index in [1.165, 1.54) is 12.1 Å². The van der Waals surface area contributed by atoms with Crippen molar-refractivity contribution in [1.82, 2.24) is 10.6 Å². The molecule has 1 saturated heterocycles. The van der Waals surface area contributed by atoms with Gasteiger partial charge in [-0.2, -0.15) is 13.2 Å². The summed E-state index contributed by atoms with van der Waals surface area (Å²) in [6, 6.07) is 4.25. The SMILES string of the molecule is O=C(O)CCNC(=O)NC1(Cc2ccc(C(F)(F)F)cc2)CCOC1. The van der Waals surface area contributed by atoms with Gasteiger partial charge in [0.1, 0.15) is 0 Å². The fourth-order valence-corrected chi connectivity index (χ4v) is 2.66. The lowest BCUT2D eigenvalue weighted by molar-refractivity contribution is -0.138. The van der Waals surface area contributed by atoms with Crippen LogP contribution in [-0.4, -0.2) is 42.4 Å². The first-order valence-corrected chi connectivity index (χ1v) is 7.72. The van der Waals surface area contributed by atoms with Gasteiger partial charge in [0.15, 0.2) is 0 Å².